The molecule has 0 spiro atoms. The van der Waals surface area contributed by atoms with Gasteiger partial charge in [0.1, 0.15) is 0 Å². The van der Waals surface area contributed by atoms with E-state index in [9.17, 15) is 9.59 Å². The number of rotatable bonds is 1. The monoisotopic (exact) mass is 398 g/mol. The molecule has 0 aliphatic carbocycles. The van der Waals surface area contributed by atoms with Crippen LogP contribution < -0.4 is 3.71 Å². The molecule has 1 aliphatic heterocycles. The maximum absolute atomic E-state index is 12.4. The summed E-state index contributed by atoms with van der Waals surface area (Å²) in [6.45, 7) is 5.59. The first-order valence-electron chi connectivity index (χ1n) is 7.04. The Morgan fingerprint density at radius 3 is 2.43 bits per heavy atom. The standard InChI is InChI=1S/C12H13N2O3.3CH3.Sn/c1-12(2,3)17-11(16)14-7-8-5-4-6-13-9(8)10(14)15;;;;/h4-5H,7H2,1-3H3;3*1H3;. The Morgan fingerprint density at radius 1 is 1.29 bits per heavy atom. The van der Waals surface area contributed by atoms with Crippen LogP contribution in [0.4, 0.5) is 4.79 Å². The second-order valence-corrected chi connectivity index (χ2v) is 21.6. The van der Waals surface area contributed by atoms with Crippen molar-refractivity contribution in [3.63, 3.8) is 0 Å². The van der Waals surface area contributed by atoms with Crippen molar-refractivity contribution in [3.8, 4) is 0 Å². The molecule has 0 fully saturated rings. The Hall–Kier alpha value is -1.11. The first-order valence-corrected chi connectivity index (χ1v) is 17.0. The van der Waals surface area contributed by atoms with Crippen LogP contribution in [0.3, 0.4) is 0 Å². The van der Waals surface area contributed by atoms with Crippen molar-refractivity contribution in [2.24, 2.45) is 0 Å². The molecular formula is C15H22N2O3Sn. The van der Waals surface area contributed by atoms with Gasteiger partial charge in [0.2, 0.25) is 0 Å². The number of pyridine rings is 1. The van der Waals surface area contributed by atoms with E-state index < -0.39 is 30.1 Å². The van der Waals surface area contributed by atoms with E-state index in [0.29, 0.717) is 5.69 Å². The Morgan fingerprint density at radius 2 is 1.90 bits per heavy atom. The number of imide groups is 1. The molecule has 0 radical (unpaired) electrons. The fourth-order valence-corrected chi connectivity index (χ4v) is 4.99. The molecule has 1 aliphatic rings. The number of carbonyl (C=O) groups excluding carboxylic acids is 2. The van der Waals surface area contributed by atoms with Gasteiger partial charge in [-0.1, -0.05) is 0 Å². The summed E-state index contributed by atoms with van der Waals surface area (Å²) >= 11 is -2.33. The van der Waals surface area contributed by atoms with Gasteiger partial charge in [0.25, 0.3) is 0 Å². The first-order chi connectivity index (χ1) is 9.49. The van der Waals surface area contributed by atoms with Crippen LogP contribution in [0.15, 0.2) is 12.1 Å². The van der Waals surface area contributed by atoms with Crippen LogP contribution in [0.2, 0.25) is 14.8 Å². The van der Waals surface area contributed by atoms with E-state index >= 15 is 0 Å². The van der Waals surface area contributed by atoms with Crippen molar-refractivity contribution in [1.29, 1.82) is 0 Å². The predicted molar refractivity (Wildman–Crippen MR) is 83.3 cm³/mol. The summed E-state index contributed by atoms with van der Waals surface area (Å²) in [6, 6.07) is 3.92. The predicted octanol–water partition coefficient (Wildman–Crippen LogP) is 2.52. The summed E-state index contributed by atoms with van der Waals surface area (Å²) in [4.78, 5) is 36.9. The molecule has 0 unspecified atom stereocenters. The van der Waals surface area contributed by atoms with Crippen LogP contribution in [-0.2, 0) is 11.3 Å². The van der Waals surface area contributed by atoms with Gasteiger partial charge in [0, 0.05) is 0 Å². The molecular weight excluding hydrogens is 375 g/mol. The molecule has 0 saturated heterocycles. The zero-order valence-corrected chi connectivity index (χ0v) is 16.3. The Bertz CT molecular complexity index is 600. The number of hydrogen-bond donors (Lipinski definition) is 0. The Balaban J connectivity index is 2.27. The normalized spacial score (nSPS) is 15.1. The molecule has 1 aromatic rings. The van der Waals surface area contributed by atoms with Gasteiger partial charge in [0.05, 0.1) is 0 Å². The average Bonchev–Trinajstić information content (AvgIpc) is 2.63. The van der Waals surface area contributed by atoms with Crippen molar-refractivity contribution in [3.05, 3.63) is 23.4 Å². The average molecular weight is 397 g/mol. The summed E-state index contributed by atoms with van der Waals surface area (Å²) < 4.78 is 6.32. The zero-order valence-electron chi connectivity index (χ0n) is 13.5. The summed E-state index contributed by atoms with van der Waals surface area (Å²) in [5.74, 6) is -0.350. The van der Waals surface area contributed by atoms with Crippen LogP contribution in [0.25, 0.3) is 0 Å². The third kappa shape index (κ3) is 3.56. The van der Waals surface area contributed by atoms with E-state index in [2.05, 4.69) is 19.8 Å². The zero-order chi connectivity index (χ0) is 16.0. The minimum atomic E-state index is -2.33. The molecule has 0 saturated carbocycles. The SMILES string of the molecule is CC(C)(C)OC(=O)N1Cc2cc[c]([Sn]([CH3])([CH3])[CH3])nc2C1=O. The second kappa shape index (κ2) is 5.26. The number of hydrogen-bond acceptors (Lipinski definition) is 4. The molecule has 5 nitrogen and oxygen atoms in total. The van der Waals surface area contributed by atoms with E-state index in [0.717, 1.165) is 14.2 Å². The van der Waals surface area contributed by atoms with Crippen molar-refractivity contribution in [2.45, 2.75) is 47.7 Å². The molecule has 2 amide bonds. The number of ether oxygens (including phenoxy) is 1. The van der Waals surface area contributed by atoms with E-state index in [1.165, 1.54) is 0 Å². The number of nitrogens with zero attached hydrogens (tertiary/aromatic N) is 2. The van der Waals surface area contributed by atoms with Crippen molar-refractivity contribution in [2.75, 3.05) is 0 Å². The summed E-state index contributed by atoms with van der Waals surface area (Å²) in [5, 5.41) is 0. The number of amides is 2. The van der Waals surface area contributed by atoms with Gasteiger partial charge in [-0.05, 0) is 0 Å². The minimum absolute atomic E-state index is 0.246. The van der Waals surface area contributed by atoms with Gasteiger partial charge in [0.15, 0.2) is 0 Å². The van der Waals surface area contributed by atoms with E-state index in [4.69, 9.17) is 4.74 Å². The van der Waals surface area contributed by atoms with Crippen molar-refractivity contribution >= 4 is 34.1 Å². The Kier molecular flexibility index (Phi) is 4.08. The van der Waals surface area contributed by atoms with E-state index in [-0.39, 0.29) is 12.5 Å². The molecule has 0 aromatic carbocycles. The van der Waals surface area contributed by atoms with Crippen molar-refractivity contribution in [1.82, 2.24) is 9.88 Å². The van der Waals surface area contributed by atoms with Gasteiger partial charge >= 0.3 is 129 Å². The fraction of sp³-hybridized carbons (Fsp3) is 0.533. The summed E-state index contributed by atoms with van der Waals surface area (Å²) in [6.07, 6.45) is -0.605. The molecule has 2 heterocycles. The van der Waals surface area contributed by atoms with Gasteiger partial charge in [-0.2, -0.15) is 0 Å². The molecule has 2 rings (SSSR count). The van der Waals surface area contributed by atoms with Crippen LogP contribution in [-0.4, -0.2) is 45.9 Å². The van der Waals surface area contributed by atoms with Gasteiger partial charge < -0.3 is 0 Å². The molecule has 0 N–H and O–H groups in total. The number of aromatic nitrogens is 1. The van der Waals surface area contributed by atoms with Crippen LogP contribution in [0.1, 0.15) is 36.8 Å². The first kappa shape index (κ1) is 16.3. The molecule has 1 aromatic heterocycles. The van der Waals surface area contributed by atoms with Crippen LogP contribution >= 0.6 is 0 Å². The van der Waals surface area contributed by atoms with E-state index in [1.54, 1.807) is 20.8 Å². The van der Waals surface area contributed by atoms with Crippen LogP contribution in [0.5, 0.6) is 0 Å². The van der Waals surface area contributed by atoms with E-state index in [1.807, 2.05) is 12.1 Å². The second-order valence-electron chi connectivity index (χ2n) is 7.33. The summed E-state index contributed by atoms with van der Waals surface area (Å²) in [5.41, 5.74) is 0.585. The van der Waals surface area contributed by atoms with Gasteiger partial charge in [-0.15, -0.1) is 0 Å². The van der Waals surface area contributed by atoms with Crippen LogP contribution in [0, 0.1) is 0 Å². The van der Waals surface area contributed by atoms with Crippen molar-refractivity contribution < 1.29 is 14.3 Å². The number of carbonyl (C=O) groups is 2. The third-order valence-corrected chi connectivity index (χ3v) is 8.32. The molecule has 6 heteroatoms. The molecule has 0 atom stereocenters. The molecule has 21 heavy (non-hydrogen) atoms. The molecule has 114 valence electrons. The Labute approximate surface area is 129 Å². The summed E-state index contributed by atoms with van der Waals surface area (Å²) in [7, 11) is 0. The quantitative estimate of drug-likeness (QED) is 0.684. The third-order valence-electron chi connectivity index (χ3n) is 3.14. The van der Waals surface area contributed by atoms with Gasteiger partial charge in [-0.25, -0.2) is 0 Å². The van der Waals surface area contributed by atoms with Gasteiger partial charge in [-0.3, -0.25) is 0 Å². The number of fused-ring (bicyclic) bond motifs is 1. The topological polar surface area (TPSA) is 59.5 Å². The fourth-order valence-electron chi connectivity index (χ4n) is 2.05. The maximum atomic E-state index is 12.4. The molecule has 0 bridgehead atoms.